The summed E-state index contributed by atoms with van der Waals surface area (Å²) in [5.41, 5.74) is 11.3. The fourth-order valence-corrected chi connectivity index (χ4v) is 10.5. The average Bonchev–Trinajstić information content (AvgIpc) is 3.68. The molecule has 33 heteroatoms. The Bertz CT molecular complexity index is 2100. The Labute approximate surface area is 352 Å². The van der Waals surface area contributed by atoms with Crippen LogP contribution in [0.4, 0.5) is 5.95 Å². The van der Waals surface area contributed by atoms with Crippen LogP contribution in [0.2, 0.25) is 0 Å². The van der Waals surface area contributed by atoms with Crippen molar-refractivity contribution in [1.29, 1.82) is 0 Å². The molecular formula is C28H45N8O20P3S2. The predicted molar refractivity (Wildman–Crippen MR) is 212 cm³/mol. The number of aliphatic hydroxyl groups is 1. The molecule has 0 aromatic carbocycles. The average molecular weight is 971 g/mol. The van der Waals surface area contributed by atoms with Crippen molar-refractivity contribution in [2.24, 2.45) is 5.73 Å². The van der Waals surface area contributed by atoms with Gasteiger partial charge in [0.2, 0.25) is 23.7 Å². The van der Waals surface area contributed by atoms with E-state index in [-0.39, 0.29) is 60.7 Å². The molecule has 3 heterocycles. The molecule has 2 aromatic rings. The van der Waals surface area contributed by atoms with Crippen molar-refractivity contribution in [1.82, 2.24) is 30.5 Å². The second-order valence-electron chi connectivity index (χ2n) is 12.9. The van der Waals surface area contributed by atoms with E-state index in [0.717, 1.165) is 0 Å². The van der Waals surface area contributed by atoms with Crippen LogP contribution in [0.25, 0.3) is 11.0 Å². The summed E-state index contributed by atoms with van der Waals surface area (Å²) in [6.07, 6.45) is -2.05. The van der Waals surface area contributed by atoms with Crippen LogP contribution in [0, 0.1) is 0 Å². The maximum Gasteiger partial charge on any atom is 0.490 e. The van der Waals surface area contributed by atoms with Crippen molar-refractivity contribution in [3.8, 4) is 0 Å². The van der Waals surface area contributed by atoms with Gasteiger partial charge < -0.3 is 71.6 Å². The first-order valence-corrected chi connectivity index (χ1v) is 24.7. The van der Waals surface area contributed by atoms with Gasteiger partial charge in [0.15, 0.2) is 5.65 Å². The Kier molecular flexibility index (Phi) is 19.8. The van der Waals surface area contributed by atoms with Crippen LogP contribution >= 0.6 is 45.1 Å². The number of phosphoric ester groups is 1. The summed E-state index contributed by atoms with van der Waals surface area (Å²) in [6.45, 7) is -0.842. The number of hydrogen-bond donors (Lipinski definition) is 13. The van der Waals surface area contributed by atoms with E-state index < -0.39 is 102 Å². The molecule has 1 aliphatic heterocycles. The quantitative estimate of drug-likeness (QED) is 0.0282. The monoisotopic (exact) mass is 970 g/mol. The number of nitrogens with two attached hydrogens (primary N) is 2. The Balaban J connectivity index is 1.41. The number of ether oxygens (including phenoxy) is 1. The molecule has 0 radical (unpaired) electrons. The van der Waals surface area contributed by atoms with Crippen LogP contribution in [0.15, 0.2) is 11.0 Å². The molecule has 1 fully saturated rings. The fraction of sp³-hybridized carbons (Fsp3) is 0.607. The van der Waals surface area contributed by atoms with Gasteiger partial charge in [0.1, 0.15) is 18.4 Å². The summed E-state index contributed by atoms with van der Waals surface area (Å²) in [4.78, 5) is 115. The Morgan fingerprint density at radius 3 is 2.36 bits per heavy atom. The number of carboxylic acid groups (broad SMARTS) is 2. The number of unbranched alkanes of at least 4 members (excludes halogenated alkanes) is 2. The lowest BCUT2D eigenvalue weighted by molar-refractivity contribution is -0.147. The van der Waals surface area contributed by atoms with Gasteiger partial charge >= 0.3 is 35.4 Å². The number of nitrogens with zero attached hydrogens (tertiary/aromatic N) is 2. The third-order valence-electron chi connectivity index (χ3n) is 8.06. The highest BCUT2D eigenvalue weighted by Gasteiger charge is 2.43. The van der Waals surface area contributed by atoms with E-state index in [9.17, 15) is 57.4 Å². The standard InChI is InChI=1S/C28H45N8O20P3S2/c29-15(25(42)31-6-3-1-2-4-20(39)33-16(27(44)45)8-22(40)41)13-61-60-7-5-19(38)32-10-14-11-36(24-23(14)26(43)35-28(30)34-24)21-9-17(37)18(54-21)12-53-58(49,50)56-59(51,52)55-57(46,47)48/h11,15-18,21,37H,1-10,12-13,29H2,(H,31,42)(H,32,38)(H,33,39)(H,40,41)(H,44,45)(H,49,50)(H,51,52)(H2,46,47,48)(H3,30,34,35,43). The predicted octanol–water partition coefficient (Wildman–Crippen LogP) is -1.27. The van der Waals surface area contributed by atoms with E-state index in [1.807, 2.05) is 0 Å². The number of H-pyrrole nitrogens is 1. The van der Waals surface area contributed by atoms with Crippen molar-refractivity contribution >= 4 is 91.7 Å². The topological polar surface area (TPSA) is 454 Å². The number of nitrogen functional groups attached to an aromatic ring is 1. The number of carbonyl (C=O) groups is 5. The molecule has 3 amide bonds. The smallest absolute Gasteiger partial charge is 0.481 e. The summed E-state index contributed by atoms with van der Waals surface area (Å²) < 4.78 is 53.5. The molecule has 7 atom stereocenters. The number of phosphoric acid groups is 3. The minimum Gasteiger partial charge on any atom is -0.481 e. The number of aromatic nitrogens is 3. The lowest BCUT2D eigenvalue weighted by Gasteiger charge is -2.19. The largest absolute Gasteiger partial charge is 0.490 e. The fourth-order valence-electron chi connectivity index (χ4n) is 5.35. The Hall–Kier alpha value is -3.44. The lowest BCUT2D eigenvalue weighted by atomic mass is 10.1. The van der Waals surface area contributed by atoms with Crippen molar-refractivity contribution < 1.29 is 90.4 Å². The zero-order valence-electron chi connectivity index (χ0n) is 31.6. The van der Waals surface area contributed by atoms with Gasteiger partial charge in [-0.1, -0.05) is 28.0 Å². The number of hydrogen-bond acceptors (Lipinski definition) is 19. The molecule has 15 N–H and O–H groups in total. The zero-order valence-corrected chi connectivity index (χ0v) is 35.9. The summed E-state index contributed by atoms with van der Waals surface area (Å²) in [7, 11) is -14.4. The Morgan fingerprint density at radius 1 is 1.00 bits per heavy atom. The highest BCUT2D eigenvalue weighted by molar-refractivity contribution is 8.76. The molecule has 2 aromatic heterocycles. The van der Waals surface area contributed by atoms with Gasteiger partial charge in [-0.15, -0.1) is 0 Å². The summed E-state index contributed by atoms with van der Waals surface area (Å²) in [6, 6.07) is -2.39. The minimum atomic E-state index is -5.79. The molecular weight excluding hydrogens is 925 g/mol. The van der Waals surface area contributed by atoms with E-state index in [0.29, 0.717) is 25.0 Å². The van der Waals surface area contributed by atoms with E-state index in [1.54, 1.807) is 0 Å². The van der Waals surface area contributed by atoms with Gasteiger partial charge in [0, 0.05) is 55.6 Å². The molecule has 0 bridgehead atoms. The third kappa shape index (κ3) is 18.1. The molecule has 1 saturated heterocycles. The first-order chi connectivity index (χ1) is 28.4. The highest BCUT2D eigenvalue weighted by atomic mass is 33.1. The molecule has 0 saturated carbocycles. The van der Waals surface area contributed by atoms with E-state index in [1.165, 1.54) is 32.4 Å². The molecule has 28 nitrogen and oxygen atoms in total. The molecule has 0 spiro atoms. The summed E-state index contributed by atoms with van der Waals surface area (Å²) >= 11 is 0. The maximum absolute atomic E-state index is 12.9. The van der Waals surface area contributed by atoms with Crippen LogP contribution in [-0.4, -0.2) is 128 Å². The number of amides is 3. The van der Waals surface area contributed by atoms with Gasteiger partial charge in [-0.05, 0) is 12.8 Å². The van der Waals surface area contributed by atoms with E-state index in [2.05, 4.69) is 39.1 Å². The number of carboxylic acids is 2. The van der Waals surface area contributed by atoms with Crippen LogP contribution in [0.5, 0.6) is 0 Å². The van der Waals surface area contributed by atoms with Crippen LogP contribution in [-0.2, 0) is 62.1 Å². The van der Waals surface area contributed by atoms with Crippen LogP contribution in [0.3, 0.4) is 0 Å². The second kappa shape index (κ2) is 23.3. The SMILES string of the molecule is Nc1nc2c(c(CNC(=O)CCSSCC(N)C(=O)NCCCCCC(=O)NC(CC(=O)O)C(=O)O)cn2C2CC(O)C(COP(=O)(O)OP(=O)(O)OP(=O)(O)O)O2)c(=O)[nH]1. The van der Waals surface area contributed by atoms with Crippen LogP contribution < -0.4 is 33.0 Å². The number of carbonyl (C=O) groups excluding carboxylic acids is 3. The molecule has 344 valence electrons. The zero-order chi connectivity index (χ0) is 45.7. The molecule has 1 aliphatic rings. The molecule has 0 aliphatic carbocycles. The van der Waals surface area contributed by atoms with Crippen molar-refractivity contribution in [2.75, 3.05) is 30.4 Å². The number of rotatable bonds is 27. The van der Waals surface area contributed by atoms with E-state index >= 15 is 0 Å². The maximum atomic E-state index is 12.9. The lowest BCUT2D eigenvalue weighted by Crippen LogP contribution is -2.42. The minimum absolute atomic E-state index is 0.00883. The molecule has 3 rings (SSSR count). The number of aromatic amines is 1. The molecule has 7 unspecified atom stereocenters. The van der Waals surface area contributed by atoms with Gasteiger partial charge in [-0.2, -0.15) is 13.6 Å². The highest BCUT2D eigenvalue weighted by Crippen LogP contribution is 2.66. The number of fused-ring (bicyclic) bond motifs is 1. The van der Waals surface area contributed by atoms with E-state index in [4.69, 9.17) is 36.2 Å². The van der Waals surface area contributed by atoms with Crippen molar-refractivity contribution in [2.45, 2.75) is 82.0 Å². The summed E-state index contributed by atoms with van der Waals surface area (Å²) in [5, 5.41) is 35.8. The first kappa shape index (κ1) is 51.9. The van der Waals surface area contributed by atoms with Gasteiger partial charge in [0.25, 0.3) is 5.56 Å². The second-order valence-corrected chi connectivity index (χ2v) is 20.0. The third-order valence-corrected chi connectivity index (χ3v) is 14.3. The van der Waals surface area contributed by atoms with Crippen molar-refractivity contribution in [3.05, 3.63) is 22.1 Å². The van der Waals surface area contributed by atoms with Crippen LogP contribution in [0.1, 0.15) is 56.7 Å². The number of aliphatic hydroxyl groups excluding tert-OH is 1. The summed E-state index contributed by atoms with van der Waals surface area (Å²) in [5.74, 6) is -3.99. The normalized spacial score (nSPS) is 19.7. The van der Waals surface area contributed by atoms with Gasteiger partial charge in [0.05, 0.1) is 30.6 Å². The van der Waals surface area contributed by atoms with Crippen molar-refractivity contribution in [3.63, 3.8) is 0 Å². The first-order valence-electron chi connectivity index (χ1n) is 17.7. The Morgan fingerprint density at radius 2 is 1.70 bits per heavy atom. The number of anilines is 1. The number of aliphatic carboxylic acids is 2. The van der Waals surface area contributed by atoms with Gasteiger partial charge in [-0.3, -0.25) is 33.5 Å². The molecule has 61 heavy (non-hydrogen) atoms. The number of nitrogens with one attached hydrogen (secondary N) is 4. The van der Waals surface area contributed by atoms with Gasteiger partial charge in [-0.25, -0.2) is 18.5 Å².